The molecular formula is C7H7MgO+. The summed E-state index contributed by atoms with van der Waals surface area (Å²) in [7, 11) is 1.68. The van der Waals surface area contributed by atoms with Gasteiger partial charge in [-0.15, -0.1) is 0 Å². The molecule has 0 fully saturated rings. The van der Waals surface area contributed by atoms with Crippen LogP contribution in [0.25, 0.3) is 0 Å². The molecule has 1 aromatic carbocycles. The van der Waals surface area contributed by atoms with E-state index in [-0.39, 0.29) is 0 Å². The molecular weight excluding hydrogens is 124 g/mol. The van der Waals surface area contributed by atoms with Crippen LogP contribution in [0.4, 0.5) is 0 Å². The normalized spacial score (nSPS) is 9.22. The quantitative estimate of drug-likeness (QED) is 0.504. The molecule has 0 atom stereocenters. The first-order chi connectivity index (χ1) is 4.33. The van der Waals surface area contributed by atoms with E-state index in [4.69, 9.17) is 4.74 Å². The first-order valence-corrected chi connectivity index (χ1v) is 3.49. The Labute approximate surface area is 67.5 Å². The molecule has 9 heavy (non-hydrogen) atoms. The van der Waals surface area contributed by atoms with Gasteiger partial charge in [0.2, 0.25) is 0 Å². The average molecular weight is 131 g/mol. The van der Waals surface area contributed by atoms with Crippen molar-refractivity contribution >= 4 is 25.4 Å². The fraction of sp³-hybridized carbons (Fsp3) is 0.143. The summed E-state index contributed by atoms with van der Waals surface area (Å²) >= 11 is 1.85. The van der Waals surface area contributed by atoms with E-state index >= 15 is 0 Å². The molecule has 1 rings (SSSR count). The molecule has 0 aliphatic carbocycles. The van der Waals surface area contributed by atoms with Gasteiger partial charge in [0.15, 0.2) is 0 Å². The van der Waals surface area contributed by atoms with Gasteiger partial charge in [-0.1, -0.05) is 0 Å². The van der Waals surface area contributed by atoms with Gasteiger partial charge in [-0.2, -0.15) is 0 Å². The van der Waals surface area contributed by atoms with Crippen molar-refractivity contribution in [1.82, 2.24) is 0 Å². The second kappa shape index (κ2) is 3.08. The van der Waals surface area contributed by atoms with Crippen LogP contribution in [0.2, 0.25) is 0 Å². The van der Waals surface area contributed by atoms with E-state index in [0.717, 1.165) is 5.75 Å². The summed E-state index contributed by atoms with van der Waals surface area (Å²) in [5.74, 6) is 0.933. The Morgan fingerprint density at radius 2 is 2.22 bits per heavy atom. The number of benzene rings is 1. The van der Waals surface area contributed by atoms with Crippen LogP contribution < -0.4 is 8.43 Å². The van der Waals surface area contributed by atoms with Crippen LogP contribution in [-0.2, 0) is 0 Å². The molecule has 0 amide bonds. The standard InChI is InChI=1S/C7H7O.Mg/c1-8-7-5-3-2-4-6-7;/h2-3,5-6H,1H3;/q;+1. The summed E-state index contributed by atoms with van der Waals surface area (Å²) in [5.41, 5.74) is 0. The van der Waals surface area contributed by atoms with Crippen LogP contribution in [0.5, 0.6) is 5.75 Å². The van der Waals surface area contributed by atoms with Crippen molar-refractivity contribution in [3.63, 3.8) is 0 Å². The Hall–Kier alpha value is -0.214. The molecule has 1 aromatic rings. The fourth-order valence-corrected chi connectivity index (χ4v) is 1.01. The van der Waals surface area contributed by atoms with Gasteiger partial charge in [0.25, 0.3) is 0 Å². The summed E-state index contributed by atoms with van der Waals surface area (Å²) < 4.78 is 6.26. The molecule has 0 aliphatic rings. The molecule has 0 radical (unpaired) electrons. The van der Waals surface area contributed by atoms with E-state index in [0.29, 0.717) is 0 Å². The molecule has 0 N–H and O–H groups in total. The fourth-order valence-electron chi connectivity index (χ4n) is 0.672. The third-order valence-electron chi connectivity index (χ3n) is 1.13. The summed E-state index contributed by atoms with van der Waals surface area (Å²) in [6, 6.07) is 8.00. The molecule has 0 aromatic heterocycles. The van der Waals surface area contributed by atoms with Gasteiger partial charge in [-0.25, -0.2) is 0 Å². The number of hydrogen-bond acceptors (Lipinski definition) is 1. The monoisotopic (exact) mass is 131 g/mol. The van der Waals surface area contributed by atoms with E-state index < -0.39 is 0 Å². The van der Waals surface area contributed by atoms with Crippen molar-refractivity contribution in [2.45, 2.75) is 0 Å². The number of hydrogen-bond donors (Lipinski definition) is 0. The van der Waals surface area contributed by atoms with Gasteiger partial charge in [0, 0.05) is 0 Å². The van der Waals surface area contributed by atoms with Crippen LogP contribution in [0.1, 0.15) is 0 Å². The first kappa shape index (κ1) is 6.90. The van der Waals surface area contributed by atoms with Gasteiger partial charge in [0.1, 0.15) is 0 Å². The van der Waals surface area contributed by atoms with Crippen molar-refractivity contribution < 1.29 is 4.74 Å². The zero-order valence-corrected chi connectivity index (χ0v) is 6.84. The van der Waals surface area contributed by atoms with Crippen LogP contribution in [0.15, 0.2) is 24.3 Å². The second-order valence-corrected chi connectivity index (χ2v) is 2.67. The predicted molar refractivity (Wildman–Crippen MR) is 38.4 cm³/mol. The Bertz CT molecular complexity index is 198. The first-order valence-electron chi connectivity index (χ1n) is 2.79. The predicted octanol–water partition coefficient (Wildman–Crippen LogP) is 0.489. The van der Waals surface area contributed by atoms with Crippen LogP contribution in [0.3, 0.4) is 0 Å². The van der Waals surface area contributed by atoms with Crippen molar-refractivity contribution in [2.75, 3.05) is 7.11 Å². The Balaban J connectivity index is 2.94. The van der Waals surface area contributed by atoms with E-state index in [1.165, 1.54) is 3.69 Å². The minimum absolute atomic E-state index is 0.933. The van der Waals surface area contributed by atoms with Crippen molar-refractivity contribution in [2.24, 2.45) is 0 Å². The van der Waals surface area contributed by atoms with E-state index in [9.17, 15) is 0 Å². The third kappa shape index (κ3) is 1.88. The van der Waals surface area contributed by atoms with Crippen molar-refractivity contribution in [3.05, 3.63) is 24.3 Å². The number of rotatable bonds is 1. The van der Waals surface area contributed by atoms with Gasteiger partial charge in [0.05, 0.1) is 0 Å². The second-order valence-electron chi connectivity index (χ2n) is 1.85. The molecule has 0 saturated heterocycles. The molecule has 0 aliphatic heterocycles. The summed E-state index contributed by atoms with van der Waals surface area (Å²) in [4.78, 5) is 0. The third-order valence-corrected chi connectivity index (χ3v) is 1.57. The van der Waals surface area contributed by atoms with Gasteiger partial charge in [-0.3, -0.25) is 0 Å². The molecule has 0 heterocycles. The molecule has 0 unspecified atom stereocenters. The van der Waals surface area contributed by atoms with E-state index in [1.807, 2.05) is 39.9 Å². The Morgan fingerprint density at radius 1 is 1.44 bits per heavy atom. The van der Waals surface area contributed by atoms with E-state index in [2.05, 4.69) is 6.07 Å². The molecule has 1 nitrogen and oxygen atoms in total. The number of ether oxygens (including phenoxy) is 1. The summed E-state index contributed by atoms with van der Waals surface area (Å²) in [6.07, 6.45) is 0. The Morgan fingerprint density at radius 3 is 2.67 bits per heavy atom. The minimum atomic E-state index is 0.933. The van der Waals surface area contributed by atoms with Crippen LogP contribution in [0, 0.1) is 0 Å². The summed E-state index contributed by atoms with van der Waals surface area (Å²) in [5, 5.41) is 0. The SMILES string of the molecule is COc1ccc[c]([Mg+])c1. The van der Waals surface area contributed by atoms with E-state index in [1.54, 1.807) is 7.11 Å². The summed E-state index contributed by atoms with van der Waals surface area (Å²) in [6.45, 7) is 0. The van der Waals surface area contributed by atoms with Gasteiger partial charge < -0.3 is 0 Å². The zero-order chi connectivity index (χ0) is 6.69. The Kier molecular flexibility index (Phi) is 2.36. The van der Waals surface area contributed by atoms with Crippen LogP contribution in [-0.4, -0.2) is 28.8 Å². The van der Waals surface area contributed by atoms with Gasteiger partial charge in [-0.05, 0) is 0 Å². The maximum atomic E-state index is 5.00. The molecule has 42 valence electrons. The zero-order valence-electron chi connectivity index (χ0n) is 5.42. The maximum absolute atomic E-state index is 5.00. The molecule has 2 heteroatoms. The molecule has 0 saturated carbocycles. The van der Waals surface area contributed by atoms with Crippen LogP contribution >= 0.6 is 0 Å². The van der Waals surface area contributed by atoms with Gasteiger partial charge >= 0.3 is 67.3 Å². The van der Waals surface area contributed by atoms with Crippen molar-refractivity contribution in [3.8, 4) is 5.75 Å². The molecule has 0 bridgehead atoms. The topological polar surface area (TPSA) is 9.23 Å². The van der Waals surface area contributed by atoms with Crippen molar-refractivity contribution in [1.29, 1.82) is 0 Å². The number of methoxy groups -OCH3 is 1. The average Bonchev–Trinajstić information content (AvgIpc) is 1.88. The molecule has 0 spiro atoms.